The Morgan fingerprint density at radius 2 is 1.95 bits per heavy atom. The summed E-state index contributed by atoms with van der Waals surface area (Å²) in [6.07, 6.45) is -4.92. The van der Waals surface area contributed by atoms with Crippen LogP contribution in [0.1, 0.15) is 12.8 Å². The summed E-state index contributed by atoms with van der Waals surface area (Å²) < 4.78 is 41.5. The summed E-state index contributed by atoms with van der Waals surface area (Å²) in [4.78, 5) is 2.24. The van der Waals surface area contributed by atoms with Crippen molar-refractivity contribution in [1.82, 2.24) is 5.32 Å². The van der Waals surface area contributed by atoms with Crippen molar-refractivity contribution in [3.63, 3.8) is 0 Å². The molecule has 1 fully saturated rings. The summed E-state index contributed by atoms with van der Waals surface area (Å²) in [5.74, 6) is 0.628. The van der Waals surface area contributed by atoms with Crippen LogP contribution in [0.25, 0.3) is 0 Å². The van der Waals surface area contributed by atoms with Gasteiger partial charge in [0.2, 0.25) is 0 Å². The number of alkyl halides is 3. The average molecular weight is 288 g/mol. The van der Waals surface area contributed by atoms with Crippen LogP contribution < -0.4 is 15.0 Å². The van der Waals surface area contributed by atoms with Gasteiger partial charge in [-0.3, -0.25) is 0 Å². The zero-order valence-corrected chi connectivity index (χ0v) is 11.2. The van der Waals surface area contributed by atoms with E-state index in [1.807, 2.05) is 18.2 Å². The van der Waals surface area contributed by atoms with Crippen molar-refractivity contribution in [3.05, 3.63) is 24.3 Å². The molecule has 0 unspecified atom stereocenters. The van der Waals surface area contributed by atoms with E-state index in [1.54, 1.807) is 6.07 Å². The fourth-order valence-electron chi connectivity index (χ4n) is 2.16. The van der Waals surface area contributed by atoms with Gasteiger partial charge >= 0.3 is 6.18 Å². The molecule has 0 radical (unpaired) electrons. The highest BCUT2D eigenvalue weighted by atomic mass is 19.4. The van der Waals surface area contributed by atoms with Crippen LogP contribution >= 0.6 is 0 Å². The smallest absolute Gasteiger partial charge is 0.389 e. The lowest BCUT2D eigenvalue weighted by atomic mass is 10.2. The zero-order valence-electron chi connectivity index (χ0n) is 11.2. The molecule has 0 saturated carbocycles. The van der Waals surface area contributed by atoms with E-state index in [-0.39, 0.29) is 13.0 Å². The monoisotopic (exact) mass is 288 g/mol. The molecule has 1 N–H and O–H groups in total. The van der Waals surface area contributed by atoms with Gasteiger partial charge in [0, 0.05) is 44.4 Å². The van der Waals surface area contributed by atoms with Crippen molar-refractivity contribution in [3.8, 4) is 5.75 Å². The van der Waals surface area contributed by atoms with Crippen LogP contribution in [-0.2, 0) is 0 Å². The second kappa shape index (κ2) is 6.83. The van der Waals surface area contributed by atoms with Crippen molar-refractivity contribution in [2.45, 2.75) is 19.0 Å². The molecule has 0 aromatic heterocycles. The SMILES string of the molecule is FC(F)(F)CCCOc1cccc(N2CCNCC2)c1. The summed E-state index contributed by atoms with van der Waals surface area (Å²) in [6, 6.07) is 7.53. The molecule has 0 spiro atoms. The van der Waals surface area contributed by atoms with Crippen LogP contribution in [0.15, 0.2) is 24.3 Å². The number of hydrogen-bond acceptors (Lipinski definition) is 3. The molecule has 1 aromatic carbocycles. The lowest BCUT2D eigenvalue weighted by molar-refractivity contribution is -0.136. The summed E-state index contributed by atoms with van der Waals surface area (Å²) in [7, 11) is 0. The van der Waals surface area contributed by atoms with Crippen LogP contribution in [0.5, 0.6) is 5.75 Å². The van der Waals surface area contributed by atoms with Crippen molar-refractivity contribution < 1.29 is 17.9 Å². The molecule has 112 valence electrons. The molecule has 1 aliphatic heterocycles. The third kappa shape index (κ3) is 4.92. The van der Waals surface area contributed by atoms with Gasteiger partial charge in [0.15, 0.2) is 0 Å². The van der Waals surface area contributed by atoms with E-state index >= 15 is 0 Å². The number of rotatable bonds is 5. The first-order valence-electron chi connectivity index (χ1n) is 6.80. The van der Waals surface area contributed by atoms with E-state index < -0.39 is 12.6 Å². The molecule has 3 nitrogen and oxygen atoms in total. The lowest BCUT2D eigenvalue weighted by Crippen LogP contribution is -2.43. The Kier molecular flexibility index (Phi) is 5.11. The summed E-state index contributed by atoms with van der Waals surface area (Å²) in [5.41, 5.74) is 1.06. The molecule has 1 saturated heterocycles. The van der Waals surface area contributed by atoms with Crippen LogP contribution in [0, 0.1) is 0 Å². The number of piperazine rings is 1. The minimum absolute atomic E-state index is 0.0125. The number of ether oxygens (including phenoxy) is 1. The first kappa shape index (κ1) is 15.0. The second-order valence-corrected chi connectivity index (χ2v) is 4.80. The predicted octanol–water partition coefficient (Wildman–Crippen LogP) is 2.82. The molecule has 1 aromatic rings. The molecule has 1 aliphatic rings. The van der Waals surface area contributed by atoms with Gasteiger partial charge in [-0.1, -0.05) is 6.07 Å². The third-order valence-electron chi connectivity index (χ3n) is 3.17. The zero-order chi connectivity index (χ0) is 14.4. The maximum Gasteiger partial charge on any atom is 0.389 e. The standard InChI is InChI=1S/C14H19F3N2O/c15-14(16,17)5-2-10-20-13-4-1-3-12(11-13)19-8-6-18-7-9-19/h1,3-4,11,18H,2,5-10H2. The number of benzene rings is 1. The molecule has 0 atom stereocenters. The van der Waals surface area contributed by atoms with E-state index in [2.05, 4.69) is 10.2 Å². The second-order valence-electron chi connectivity index (χ2n) is 4.80. The first-order valence-corrected chi connectivity index (χ1v) is 6.80. The quantitative estimate of drug-likeness (QED) is 0.843. The number of hydrogen-bond donors (Lipinski definition) is 1. The highest BCUT2D eigenvalue weighted by Crippen LogP contribution is 2.23. The molecular weight excluding hydrogens is 269 g/mol. The Hall–Kier alpha value is -1.43. The molecule has 1 heterocycles. The average Bonchev–Trinajstić information content (AvgIpc) is 2.44. The highest BCUT2D eigenvalue weighted by molar-refractivity contribution is 5.51. The molecule has 0 bridgehead atoms. The van der Waals surface area contributed by atoms with Crippen molar-refractivity contribution in [2.24, 2.45) is 0 Å². The van der Waals surface area contributed by atoms with Gasteiger partial charge in [-0.25, -0.2) is 0 Å². The highest BCUT2D eigenvalue weighted by Gasteiger charge is 2.26. The largest absolute Gasteiger partial charge is 0.494 e. The summed E-state index contributed by atoms with van der Waals surface area (Å²) >= 11 is 0. The molecule has 2 rings (SSSR count). The molecular formula is C14H19F3N2O. The Labute approximate surface area is 116 Å². The van der Waals surface area contributed by atoms with Crippen LogP contribution in [0.4, 0.5) is 18.9 Å². The Bertz CT molecular complexity index is 417. The van der Waals surface area contributed by atoms with Crippen molar-refractivity contribution in [2.75, 3.05) is 37.7 Å². The van der Waals surface area contributed by atoms with Crippen molar-refractivity contribution >= 4 is 5.69 Å². The van der Waals surface area contributed by atoms with E-state index in [0.29, 0.717) is 5.75 Å². The summed E-state index contributed by atoms with van der Waals surface area (Å²) in [6.45, 7) is 3.83. The number of halogens is 3. The van der Waals surface area contributed by atoms with E-state index in [0.717, 1.165) is 31.9 Å². The molecule has 0 amide bonds. The molecule has 20 heavy (non-hydrogen) atoms. The van der Waals surface area contributed by atoms with E-state index in [9.17, 15) is 13.2 Å². The Balaban J connectivity index is 1.83. The minimum atomic E-state index is -4.11. The fraction of sp³-hybridized carbons (Fsp3) is 0.571. The van der Waals surface area contributed by atoms with Crippen LogP contribution in [0.2, 0.25) is 0 Å². The topological polar surface area (TPSA) is 24.5 Å². The Morgan fingerprint density at radius 3 is 2.65 bits per heavy atom. The van der Waals surface area contributed by atoms with E-state index in [4.69, 9.17) is 4.74 Å². The minimum Gasteiger partial charge on any atom is -0.494 e. The maximum atomic E-state index is 12.0. The first-order chi connectivity index (χ1) is 9.54. The number of nitrogens with zero attached hydrogens (tertiary/aromatic N) is 1. The van der Waals surface area contributed by atoms with Crippen LogP contribution in [-0.4, -0.2) is 39.0 Å². The Morgan fingerprint density at radius 1 is 1.20 bits per heavy atom. The predicted molar refractivity (Wildman–Crippen MR) is 72.3 cm³/mol. The van der Waals surface area contributed by atoms with Crippen molar-refractivity contribution in [1.29, 1.82) is 0 Å². The lowest BCUT2D eigenvalue weighted by Gasteiger charge is -2.29. The van der Waals surface area contributed by atoms with Gasteiger partial charge in [0.25, 0.3) is 0 Å². The van der Waals surface area contributed by atoms with Gasteiger partial charge in [-0.2, -0.15) is 13.2 Å². The summed E-state index contributed by atoms with van der Waals surface area (Å²) in [5, 5.41) is 3.28. The molecule has 6 heteroatoms. The van der Waals surface area contributed by atoms with Gasteiger partial charge in [0.1, 0.15) is 5.75 Å². The fourth-order valence-corrected chi connectivity index (χ4v) is 2.16. The van der Waals surface area contributed by atoms with Gasteiger partial charge < -0.3 is 15.0 Å². The maximum absolute atomic E-state index is 12.0. The number of nitrogens with one attached hydrogen (secondary N) is 1. The van der Waals surface area contributed by atoms with Gasteiger partial charge in [-0.05, 0) is 18.6 Å². The van der Waals surface area contributed by atoms with Gasteiger partial charge in [-0.15, -0.1) is 0 Å². The van der Waals surface area contributed by atoms with Crippen LogP contribution in [0.3, 0.4) is 0 Å². The molecule has 0 aliphatic carbocycles. The van der Waals surface area contributed by atoms with E-state index in [1.165, 1.54) is 0 Å². The normalized spacial score (nSPS) is 16.2. The number of anilines is 1. The van der Waals surface area contributed by atoms with Gasteiger partial charge in [0.05, 0.1) is 6.61 Å². The third-order valence-corrected chi connectivity index (χ3v) is 3.17.